The maximum Gasteiger partial charge on any atom is 0.410 e. The Morgan fingerprint density at radius 2 is 1.79 bits per heavy atom. The fourth-order valence-corrected chi connectivity index (χ4v) is 7.78. The molecular weight excluding hydrogens is 637 g/mol. The number of nitrogens with two attached hydrogens (primary N) is 1. The number of nitrogen functional groups attached to an aromatic ring is 1. The predicted octanol–water partition coefficient (Wildman–Crippen LogP) is 5.82. The maximum absolute atomic E-state index is 13.8. The fourth-order valence-electron chi connectivity index (χ4n) is 5.44. The maximum atomic E-state index is 13.8. The molecular formula is C34H40N6O5S2. The second kappa shape index (κ2) is 14.2. The molecule has 4 aromatic rings. The van der Waals surface area contributed by atoms with Crippen LogP contribution in [0.5, 0.6) is 0 Å². The van der Waals surface area contributed by atoms with E-state index in [1.165, 1.54) is 23.5 Å². The average Bonchev–Trinajstić information content (AvgIpc) is 3.45. The number of amidine groups is 1. The number of likely N-dealkylation sites (tertiary alicyclic amines) is 1. The molecule has 3 aromatic carbocycles. The van der Waals surface area contributed by atoms with Crippen LogP contribution in [0.1, 0.15) is 62.2 Å². The van der Waals surface area contributed by atoms with Gasteiger partial charge in [0.25, 0.3) is 0 Å². The molecule has 1 aliphatic heterocycles. The van der Waals surface area contributed by atoms with Crippen LogP contribution >= 0.6 is 11.3 Å². The lowest BCUT2D eigenvalue weighted by atomic mass is 9.93. The second-order valence-electron chi connectivity index (χ2n) is 12.7. The number of nitrogens with one attached hydrogen (secondary N) is 3. The van der Waals surface area contributed by atoms with Gasteiger partial charge in [-0.05, 0) is 87.9 Å². The second-order valence-corrected chi connectivity index (χ2v) is 15.5. The zero-order valence-electron chi connectivity index (χ0n) is 26.7. The van der Waals surface area contributed by atoms with Gasteiger partial charge >= 0.3 is 6.09 Å². The molecule has 2 amide bonds. The van der Waals surface area contributed by atoms with E-state index >= 15 is 0 Å². The molecule has 1 aromatic heterocycles. The number of carbonyl (C=O) groups is 2. The van der Waals surface area contributed by atoms with Gasteiger partial charge in [0.1, 0.15) is 16.4 Å². The lowest BCUT2D eigenvalue weighted by molar-refractivity contribution is -0.117. The van der Waals surface area contributed by atoms with Crippen molar-refractivity contribution >= 4 is 55.1 Å². The van der Waals surface area contributed by atoms with E-state index in [2.05, 4.69) is 10.0 Å². The molecule has 13 heteroatoms. The van der Waals surface area contributed by atoms with Gasteiger partial charge in [-0.25, -0.2) is 22.9 Å². The Balaban J connectivity index is 1.27. The number of hydrogen-bond donors (Lipinski definition) is 4. The van der Waals surface area contributed by atoms with Crippen molar-refractivity contribution in [2.24, 2.45) is 11.7 Å². The summed E-state index contributed by atoms with van der Waals surface area (Å²) in [6.07, 6.45) is 1.54. The molecule has 5 rings (SSSR count). The summed E-state index contributed by atoms with van der Waals surface area (Å²) in [5, 5.41) is 11.3. The first-order valence-electron chi connectivity index (χ1n) is 15.4. The van der Waals surface area contributed by atoms with E-state index in [-0.39, 0.29) is 41.5 Å². The molecule has 47 heavy (non-hydrogen) atoms. The van der Waals surface area contributed by atoms with Gasteiger partial charge in [-0.3, -0.25) is 10.2 Å². The number of ether oxygens (including phenoxy) is 1. The van der Waals surface area contributed by atoms with Crippen LogP contribution < -0.4 is 15.8 Å². The molecule has 1 saturated heterocycles. The van der Waals surface area contributed by atoms with Crippen molar-refractivity contribution in [2.75, 3.05) is 18.4 Å². The number of carbonyl (C=O) groups excluding carboxylic acids is 2. The van der Waals surface area contributed by atoms with Crippen molar-refractivity contribution in [2.45, 2.75) is 63.0 Å². The summed E-state index contributed by atoms with van der Waals surface area (Å²) in [4.78, 5) is 31.7. The molecule has 1 aliphatic rings. The number of para-hydroxylation sites is 1. The van der Waals surface area contributed by atoms with E-state index in [0.717, 1.165) is 15.8 Å². The number of hydrogen-bond acceptors (Lipinski definition) is 8. The van der Waals surface area contributed by atoms with Crippen molar-refractivity contribution in [1.29, 1.82) is 5.41 Å². The fraction of sp³-hybridized carbons (Fsp3) is 0.353. The summed E-state index contributed by atoms with van der Waals surface area (Å²) >= 11 is 1.41. The van der Waals surface area contributed by atoms with E-state index in [4.69, 9.17) is 20.9 Å². The van der Waals surface area contributed by atoms with Gasteiger partial charge in [-0.1, -0.05) is 36.4 Å². The third kappa shape index (κ3) is 9.15. The average molecular weight is 677 g/mol. The Bertz CT molecular complexity index is 1840. The van der Waals surface area contributed by atoms with Crippen LogP contribution in [0.15, 0.2) is 77.7 Å². The molecule has 1 unspecified atom stereocenters. The number of sulfonamides is 1. The largest absolute Gasteiger partial charge is 0.444 e. The van der Waals surface area contributed by atoms with Crippen molar-refractivity contribution in [3.05, 3.63) is 88.9 Å². The lowest BCUT2D eigenvalue weighted by Gasteiger charge is -2.33. The predicted molar refractivity (Wildman–Crippen MR) is 184 cm³/mol. The molecule has 0 spiro atoms. The highest BCUT2D eigenvalue weighted by Gasteiger charge is 2.29. The highest BCUT2D eigenvalue weighted by Crippen LogP contribution is 2.30. The molecule has 248 valence electrons. The van der Waals surface area contributed by atoms with Gasteiger partial charge in [0, 0.05) is 30.8 Å². The van der Waals surface area contributed by atoms with Gasteiger partial charge in [0.05, 0.1) is 21.2 Å². The Kier molecular flexibility index (Phi) is 10.3. The summed E-state index contributed by atoms with van der Waals surface area (Å²) in [5.41, 5.74) is 7.62. The summed E-state index contributed by atoms with van der Waals surface area (Å²) in [5.74, 6) is -0.201. The summed E-state index contributed by atoms with van der Waals surface area (Å²) in [6.45, 7) is 6.52. The molecule has 0 bridgehead atoms. The summed E-state index contributed by atoms with van der Waals surface area (Å²) in [7, 11) is -4.06. The van der Waals surface area contributed by atoms with Crippen LogP contribution in [0.3, 0.4) is 0 Å². The first-order valence-corrected chi connectivity index (χ1v) is 17.7. The zero-order valence-corrected chi connectivity index (χ0v) is 28.3. The van der Waals surface area contributed by atoms with Crippen molar-refractivity contribution < 1.29 is 22.7 Å². The van der Waals surface area contributed by atoms with Crippen LogP contribution in [0.4, 0.5) is 10.5 Å². The number of anilines is 1. The molecule has 0 radical (unpaired) electrons. The summed E-state index contributed by atoms with van der Waals surface area (Å²) < 4.78 is 36.8. The van der Waals surface area contributed by atoms with Gasteiger partial charge in [-0.15, -0.1) is 11.3 Å². The molecule has 5 N–H and O–H groups in total. The number of fused-ring (bicyclic) bond motifs is 1. The van der Waals surface area contributed by atoms with Gasteiger partial charge < -0.3 is 20.7 Å². The van der Waals surface area contributed by atoms with Gasteiger partial charge in [0.2, 0.25) is 15.9 Å². The smallest absolute Gasteiger partial charge is 0.410 e. The molecule has 1 atom stereocenters. The topological polar surface area (TPSA) is 168 Å². The normalized spacial score (nSPS) is 14.9. The van der Waals surface area contributed by atoms with Crippen molar-refractivity contribution in [3.63, 3.8) is 0 Å². The van der Waals surface area contributed by atoms with E-state index in [9.17, 15) is 18.0 Å². The van der Waals surface area contributed by atoms with E-state index < -0.39 is 21.7 Å². The van der Waals surface area contributed by atoms with Crippen LogP contribution in [0, 0.1) is 11.3 Å². The van der Waals surface area contributed by atoms with E-state index in [1.807, 2.05) is 51.1 Å². The third-order valence-corrected chi connectivity index (χ3v) is 10.4. The monoisotopic (exact) mass is 676 g/mol. The lowest BCUT2D eigenvalue weighted by Crippen LogP contribution is -2.42. The van der Waals surface area contributed by atoms with Crippen molar-refractivity contribution in [3.8, 4) is 0 Å². The molecule has 0 saturated carbocycles. The van der Waals surface area contributed by atoms with E-state index in [0.29, 0.717) is 42.2 Å². The number of piperidine rings is 1. The molecule has 1 fully saturated rings. The first kappa shape index (κ1) is 34.0. The number of benzene rings is 3. The minimum absolute atomic E-state index is 0.00423. The first-order chi connectivity index (χ1) is 22.3. The number of nitrogens with zero attached hydrogens (tertiary/aromatic N) is 2. The number of thiazole rings is 1. The Hall–Kier alpha value is -4.33. The number of amides is 2. The third-order valence-electron chi connectivity index (χ3n) is 7.75. The number of rotatable bonds is 10. The quantitative estimate of drug-likeness (QED) is 0.121. The Morgan fingerprint density at radius 1 is 1.06 bits per heavy atom. The van der Waals surface area contributed by atoms with Crippen LogP contribution in [0.25, 0.3) is 10.2 Å². The van der Waals surface area contributed by atoms with Crippen LogP contribution in [-0.2, 0) is 26.0 Å². The summed E-state index contributed by atoms with van der Waals surface area (Å²) in [6, 6.07) is 20.2. The molecule has 11 nitrogen and oxygen atoms in total. The van der Waals surface area contributed by atoms with Crippen LogP contribution in [-0.4, -0.2) is 54.8 Å². The van der Waals surface area contributed by atoms with E-state index in [1.54, 1.807) is 35.2 Å². The highest BCUT2D eigenvalue weighted by molar-refractivity contribution is 7.89. The van der Waals surface area contributed by atoms with Crippen molar-refractivity contribution in [1.82, 2.24) is 14.6 Å². The van der Waals surface area contributed by atoms with Gasteiger partial charge in [-0.2, -0.15) is 0 Å². The number of aromatic nitrogens is 1. The van der Waals surface area contributed by atoms with Gasteiger partial charge in [0.15, 0.2) is 0 Å². The standard InChI is InChI=1S/C34H40N6O5S2/c1-34(2,3)45-33(42)40-16-14-22(15-17-40)20-30(41)37-25-10-7-11-26(21-25)47(43,44)39-28(19-23-8-6-9-24(18-23)31(35)36)32-38-27-12-4-5-13-29(27)46-32/h4-13,18,21-22,28,39H,14-17,19-20H2,1-3H3,(H3,35,36)(H,37,41). The zero-order chi connectivity index (χ0) is 33.8. The highest BCUT2D eigenvalue weighted by atomic mass is 32.2. The Morgan fingerprint density at radius 3 is 2.49 bits per heavy atom. The minimum atomic E-state index is -4.06. The van der Waals surface area contributed by atoms with Crippen LogP contribution in [0.2, 0.25) is 0 Å². The SMILES string of the molecule is CC(C)(C)OC(=O)N1CCC(CC(=O)Nc2cccc(S(=O)(=O)NC(Cc3cccc(C(=N)N)c3)c3nc4ccccc4s3)c2)CC1. The minimum Gasteiger partial charge on any atom is -0.444 e. The Labute approximate surface area is 279 Å². The molecule has 2 heterocycles. The molecule has 0 aliphatic carbocycles.